The summed E-state index contributed by atoms with van der Waals surface area (Å²) >= 11 is 0. The van der Waals surface area contributed by atoms with Crippen LogP contribution in [0.1, 0.15) is 6.92 Å². The van der Waals surface area contributed by atoms with Gasteiger partial charge in [-0.25, -0.2) is 13.6 Å². The quantitative estimate of drug-likeness (QED) is 0.675. The van der Waals surface area contributed by atoms with Gasteiger partial charge in [0.15, 0.2) is 29.2 Å². The van der Waals surface area contributed by atoms with Crippen LogP contribution in [0.4, 0.5) is 14.5 Å². The van der Waals surface area contributed by atoms with Gasteiger partial charge < -0.3 is 19.9 Å². The zero-order valence-electron chi connectivity index (χ0n) is 12.5. The molecule has 0 aliphatic heterocycles. The molecule has 5 nitrogen and oxygen atoms in total. The number of halogens is 2. The van der Waals surface area contributed by atoms with Crippen LogP contribution in [0.25, 0.3) is 0 Å². The smallest absolute Gasteiger partial charge is 0.346 e. The van der Waals surface area contributed by atoms with E-state index in [0.29, 0.717) is 0 Å². The first-order valence-corrected chi connectivity index (χ1v) is 6.67. The van der Waals surface area contributed by atoms with Crippen molar-refractivity contribution in [3.63, 3.8) is 0 Å². The van der Waals surface area contributed by atoms with Gasteiger partial charge in [0.2, 0.25) is 0 Å². The van der Waals surface area contributed by atoms with Crippen LogP contribution in [-0.4, -0.2) is 19.2 Å². The van der Waals surface area contributed by atoms with Crippen molar-refractivity contribution in [3.8, 4) is 17.2 Å². The summed E-state index contributed by atoms with van der Waals surface area (Å²) in [5.74, 6) is -2.21. The van der Waals surface area contributed by atoms with Gasteiger partial charge in [-0.1, -0.05) is 0 Å². The molecule has 0 aliphatic carbocycles. The van der Waals surface area contributed by atoms with E-state index >= 15 is 0 Å². The number of methoxy groups -OCH3 is 1. The first kappa shape index (κ1) is 16.5. The Labute approximate surface area is 131 Å². The van der Waals surface area contributed by atoms with E-state index < -0.39 is 23.7 Å². The second-order valence-corrected chi connectivity index (χ2v) is 4.67. The third-order valence-electron chi connectivity index (χ3n) is 2.92. The normalized spacial score (nSPS) is 11.7. The number of hydrogen-bond donors (Lipinski definition) is 1. The fourth-order valence-electron chi connectivity index (χ4n) is 1.77. The highest BCUT2D eigenvalue weighted by atomic mass is 19.1. The maximum absolute atomic E-state index is 14.0. The van der Waals surface area contributed by atoms with Gasteiger partial charge in [-0.3, -0.25) is 0 Å². The summed E-state index contributed by atoms with van der Waals surface area (Å²) in [7, 11) is 1.21. The standard InChI is InChI=1S/C16H15F2NO4/c1-9(16(20)21-2)22-14-6-4-11(8-13(14)18)23-15-5-3-10(19)7-12(15)17/h3-9H,19H2,1-2H3. The van der Waals surface area contributed by atoms with Crippen molar-refractivity contribution in [2.24, 2.45) is 0 Å². The topological polar surface area (TPSA) is 70.8 Å². The minimum atomic E-state index is -0.962. The Kier molecular flexibility index (Phi) is 5.00. The fourth-order valence-corrected chi connectivity index (χ4v) is 1.77. The van der Waals surface area contributed by atoms with E-state index in [1.807, 2.05) is 0 Å². The van der Waals surface area contributed by atoms with E-state index in [1.165, 1.54) is 38.3 Å². The predicted octanol–water partition coefficient (Wildman–Crippen LogP) is 3.28. The minimum Gasteiger partial charge on any atom is -0.476 e. The first-order valence-electron chi connectivity index (χ1n) is 6.67. The molecule has 0 fully saturated rings. The number of hydrogen-bond acceptors (Lipinski definition) is 5. The van der Waals surface area contributed by atoms with Crippen molar-refractivity contribution in [2.45, 2.75) is 13.0 Å². The molecule has 2 aromatic carbocycles. The van der Waals surface area contributed by atoms with E-state index in [-0.39, 0.29) is 22.9 Å². The fraction of sp³-hybridized carbons (Fsp3) is 0.188. The minimum absolute atomic E-state index is 0.0734. The lowest BCUT2D eigenvalue weighted by atomic mass is 10.2. The number of esters is 1. The highest BCUT2D eigenvalue weighted by molar-refractivity contribution is 5.74. The lowest BCUT2D eigenvalue weighted by molar-refractivity contribution is -0.148. The Bertz CT molecular complexity index is 721. The van der Waals surface area contributed by atoms with Crippen molar-refractivity contribution >= 4 is 11.7 Å². The van der Waals surface area contributed by atoms with Crippen molar-refractivity contribution in [1.29, 1.82) is 0 Å². The Hall–Kier alpha value is -2.83. The molecule has 0 saturated carbocycles. The number of rotatable bonds is 5. The third kappa shape index (κ3) is 4.09. The lowest BCUT2D eigenvalue weighted by Gasteiger charge is -2.14. The Morgan fingerprint density at radius 2 is 1.74 bits per heavy atom. The van der Waals surface area contributed by atoms with Gasteiger partial charge in [-0.05, 0) is 31.2 Å². The van der Waals surface area contributed by atoms with Crippen LogP contribution in [0.3, 0.4) is 0 Å². The van der Waals surface area contributed by atoms with Crippen molar-refractivity contribution in [1.82, 2.24) is 0 Å². The molecule has 2 aromatic rings. The zero-order chi connectivity index (χ0) is 17.0. The molecule has 0 aromatic heterocycles. The predicted molar refractivity (Wildman–Crippen MR) is 79.4 cm³/mol. The van der Waals surface area contributed by atoms with Gasteiger partial charge in [-0.15, -0.1) is 0 Å². The number of ether oxygens (including phenoxy) is 3. The second kappa shape index (κ2) is 6.95. The van der Waals surface area contributed by atoms with Crippen molar-refractivity contribution in [3.05, 3.63) is 48.0 Å². The average Bonchev–Trinajstić information content (AvgIpc) is 2.51. The maximum atomic E-state index is 14.0. The van der Waals surface area contributed by atoms with Crippen LogP contribution in [0, 0.1) is 11.6 Å². The molecule has 0 radical (unpaired) electrons. The first-order chi connectivity index (χ1) is 10.9. The largest absolute Gasteiger partial charge is 0.476 e. The van der Waals surface area contributed by atoms with E-state index in [1.54, 1.807) is 0 Å². The zero-order valence-corrected chi connectivity index (χ0v) is 12.5. The van der Waals surface area contributed by atoms with Crippen LogP contribution < -0.4 is 15.2 Å². The molecule has 1 unspecified atom stereocenters. The highest BCUT2D eigenvalue weighted by Gasteiger charge is 2.17. The van der Waals surface area contributed by atoms with Crippen LogP contribution in [0.2, 0.25) is 0 Å². The molecule has 7 heteroatoms. The second-order valence-electron chi connectivity index (χ2n) is 4.67. The summed E-state index contributed by atoms with van der Waals surface area (Å²) in [5, 5.41) is 0. The SMILES string of the molecule is COC(=O)C(C)Oc1ccc(Oc2ccc(N)cc2F)cc1F. The monoisotopic (exact) mass is 323 g/mol. The third-order valence-corrected chi connectivity index (χ3v) is 2.92. The Morgan fingerprint density at radius 1 is 1.09 bits per heavy atom. The number of nitrogens with two attached hydrogens (primary N) is 1. The number of carbonyl (C=O) groups excluding carboxylic acids is 1. The highest BCUT2D eigenvalue weighted by Crippen LogP contribution is 2.29. The molecule has 0 amide bonds. The summed E-state index contributed by atoms with van der Waals surface area (Å²) in [4.78, 5) is 11.3. The molecular formula is C16H15F2NO4. The van der Waals surface area contributed by atoms with Gasteiger partial charge in [0.25, 0.3) is 0 Å². The van der Waals surface area contributed by atoms with Gasteiger partial charge in [0.1, 0.15) is 5.75 Å². The van der Waals surface area contributed by atoms with Crippen molar-refractivity contribution < 1.29 is 27.8 Å². The number of benzene rings is 2. The molecule has 0 spiro atoms. The molecule has 0 heterocycles. The summed E-state index contributed by atoms with van der Waals surface area (Å²) in [5.41, 5.74) is 5.69. The van der Waals surface area contributed by atoms with Crippen LogP contribution in [0.5, 0.6) is 17.2 Å². The van der Waals surface area contributed by atoms with E-state index in [0.717, 1.165) is 12.1 Å². The molecule has 1 atom stereocenters. The van der Waals surface area contributed by atoms with Gasteiger partial charge in [0.05, 0.1) is 7.11 Å². The van der Waals surface area contributed by atoms with E-state index in [4.69, 9.17) is 15.2 Å². The van der Waals surface area contributed by atoms with E-state index in [9.17, 15) is 13.6 Å². The molecule has 0 aliphatic rings. The molecular weight excluding hydrogens is 308 g/mol. The summed E-state index contributed by atoms with van der Waals surface area (Å²) < 4.78 is 42.5. The number of nitrogen functional groups attached to an aromatic ring is 1. The average molecular weight is 323 g/mol. The number of carbonyl (C=O) groups is 1. The lowest BCUT2D eigenvalue weighted by Crippen LogP contribution is -2.25. The Morgan fingerprint density at radius 3 is 2.35 bits per heavy atom. The van der Waals surface area contributed by atoms with Gasteiger partial charge >= 0.3 is 5.97 Å². The van der Waals surface area contributed by atoms with Gasteiger partial charge in [-0.2, -0.15) is 0 Å². The molecule has 0 bridgehead atoms. The van der Waals surface area contributed by atoms with E-state index in [2.05, 4.69) is 4.74 Å². The summed E-state index contributed by atoms with van der Waals surface area (Å²) in [6, 6.07) is 7.59. The van der Waals surface area contributed by atoms with Gasteiger partial charge in [0, 0.05) is 17.8 Å². The molecule has 2 rings (SSSR count). The summed E-state index contributed by atoms with van der Waals surface area (Å²) in [6.45, 7) is 1.43. The maximum Gasteiger partial charge on any atom is 0.346 e. The summed E-state index contributed by atoms with van der Waals surface area (Å²) in [6.07, 6.45) is -0.962. The van der Waals surface area contributed by atoms with Crippen molar-refractivity contribution in [2.75, 3.05) is 12.8 Å². The van der Waals surface area contributed by atoms with Crippen LogP contribution in [0.15, 0.2) is 36.4 Å². The molecule has 23 heavy (non-hydrogen) atoms. The van der Waals surface area contributed by atoms with Crippen LogP contribution in [-0.2, 0) is 9.53 Å². The Balaban J connectivity index is 2.14. The van der Waals surface area contributed by atoms with Crippen LogP contribution >= 0.6 is 0 Å². The number of anilines is 1. The molecule has 0 saturated heterocycles. The molecule has 2 N–H and O–H groups in total. The molecule has 122 valence electrons.